The van der Waals surface area contributed by atoms with Crippen LogP contribution >= 0.6 is 0 Å². The summed E-state index contributed by atoms with van der Waals surface area (Å²) in [6.07, 6.45) is 2.02. The Morgan fingerprint density at radius 1 is 1.56 bits per heavy atom. The maximum absolute atomic E-state index is 5.31. The van der Waals surface area contributed by atoms with E-state index in [9.17, 15) is 0 Å². The van der Waals surface area contributed by atoms with Gasteiger partial charge in [0.2, 0.25) is 0 Å². The van der Waals surface area contributed by atoms with Crippen LogP contribution in [-0.4, -0.2) is 6.61 Å². The standard InChI is InChI=1S/C8H16O/c1-5-8(7(3)4)9-6-2/h5,7H,6H2,1-4H3/b8-5-. The van der Waals surface area contributed by atoms with Gasteiger partial charge in [0.05, 0.1) is 12.4 Å². The summed E-state index contributed by atoms with van der Waals surface area (Å²) in [6, 6.07) is 0. The topological polar surface area (TPSA) is 9.23 Å². The molecular formula is C8H16O. The van der Waals surface area contributed by atoms with Gasteiger partial charge < -0.3 is 4.74 Å². The minimum Gasteiger partial charge on any atom is -0.498 e. The van der Waals surface area contributed by atoms with Gasteiger partial charge >= 0.3 is 0 Å². The van der Waals surface area contributed by atoms with E-state index in [-0.39, 0.29) is 0 Å². The first-order chi connectivity index (χ1) is 4.22. The van der Waals surface area contributed by atoms with Gasteiger partial charge in [0.1, 0.15) is 0 Å². The van der Waals surface area contributed by atoms with Crippen LogP contribution < -0.4 is 0 Å². The van der Waals surface area contributed by atoms with Crippen LogP contribution in [-0.2, 0) is 4.74 Å². The van der Waals surface area contributed by atoms with Crippen molar-refractivity contribution in [3.8, 4) is 0 Å². The fraction of sp³-hybridized carbons (Fsp3) is 0.750. The molecule has 1 heteroatoms. The monoisotopic (exact) mass is 128 g/mol. The molecule has 0 bridgehead atoms. The van der Waals surface area contributed by atoms with Crippen LogP contribution in [0, 0.1) is 5.92 Å². The maximum Gasteiger partial charge on any atom is 0.0942 e. The Kier molecular flexibility index (Phi) is 4.20. The largest absolute Gasteiger partial charge is 0.498 e. The number of hydrogen-bond acceptors (Lipinski definition) is 1. The molecule has 9 heavy (non-hydrogen) atoms. The molecule has 1 nitrogen and oxygen atoms in total. The summed E-state index contributed by atoms with van der Waals surface area (Å²) >= 11 is 0. The van der Waals surface area contributed by atoms with Crippen LogP contribution in [0.3, 0.4) is 0 Å². The number of allylic oxidation sites excluding steroid dienone is 2. The van der Waals surface area contributed by atoms with Crippen LogP contribution in [0.15, 0.2) is 11.8 Å². The van der Waals surface area contributed by atoms with Crippen molar-refractivity contribution < 1.29 is 4.74 Å². The Balaban J connectivity index is 3.70. The first-order valence-electron chi connectivity index (χ1n) is 3.51. The molecule has 0 aromatic carbocycles. The van der Waals surface area contributed by atoms with Gasteiger partial charge in [0.25, 0.3) is 0 Å². The van der Waals surface area contributed by atoms with Crippen molar-refractivity contribution in [1.29, 1.82) is 0 Å². The summed E-state index contributed by atoms with van der Waals surface area (Å²) in [5.41, 5.74) is 0. The van der Waals surface area contributed by atoms with E-state index in [4.69, 9.17) is 4.74 Å². The van der Waals surface area contributed by atoms with Crippen molar-refractivity contribution >= 4 is 0 Å². The van der Waals surface area contributed by atoms with Crippen molar-refractivity contribution in [2.24, 2.45) is 5.92 Å². The van der Waals surface area contributed by atoms with Gasteiger partial charge in [-0.3, -0.25) is 0 Å². The molecule has 0 aliphatic rings. The molecule has 0 amide bonds. The molecule has 0 unspecified atom stereocenters. The van der Waals surface area contributed by atoms with E-state index in [1.54, 1.807) is 0 Å². The average molecular weight is 128 g/mol. The van der Waals surface area contributed by atoms with Crippen LogP contribution in [0.2, 0.25) is 0 Å². The van der Waals surface area contributed by atoms with Crippen molar-refractivity contribution in [2.45, 2.75) is 27.7 Å². The lowest BCUT2D eigenvalue weighted by atomic mass is 10.2. The zero-order chi connectivity index (χ0) is 7.28. The molecule has 0 aromatic rings. The van der Waals surface area contributed by atoms with E-state index in [0.29, 0.717) is 5.92 Å². The van der Waals surface area contributed by atoms with Crippen LogP contribution in [0.5, 0.6) is 0 Å². The highest BCUT2D eigenvalue weighted by atomic mass is 16.5. The third-order valence-corrected chi connectivity index (χ3v) is 1.16. The molecule has 0 atom stereocenters. The first kappa shape index (κ1) is 8.54. The van der Waals surface area contributed by atoms with Gasteiger partial charge in [0, 0.05) is 5.92 Å². The Morgan fingerprint density at radius 2 is 2.11 bits per heavy atom. The van der Waals surface area contributed by atoms with Gasteiger partial charge in [-0.25, -0.2) is 0 Å². The van der Waals surface area contributed by atoms with E-state index in [1.807, 2.05) is 19.9 Å². The molecule has 0 heterocycles. The molecule has 0 rings (SSSR count). The molecule has 0 aliphatic heterocycles. The summed E-state index contributed by atoms with van der Waals surface area (Å²) in [6.45, 7) is 9.05. The second-order valence-corrected chi connectivity index (χ2v) is 2.28. The molecule has 0 spiro atoms. The van der Waals surface area contributed by atoms with Gasteiger partial charge in [-0.1, -0.05) is 13.8 Å². The van der Waals surface area contributed by atoms with E-state index in [1.165, 1.54) is 0 Å². The van der Waals surface area contributed by atoms with Crippen molar-refractivity contribution in [3.63, 3.8) is 0 Å². The van der Waals surface area contributed by atoms with Gasteiger partial charge in [-0.15, -0.1) is 0 Å². The molecule has 0 aliphatic carbocycles. The van der Waals surface area contributed by atoms with Crippen LogP contribution in [0.1, 0.15) is 27.7 Å². The van der Waals surface area contributed by atoms with E-state index in [0.717, 1.165) is 12.4 Å². The highest BCUT2D eigenvalue weighted by Gasteiger charge is 1.99. The Morgan fingerprint density at radius 3 is 2.22 bits per heavy atom. The fourth-order valence-corrected chi connectivity index (χ4v) is 0.750. The van der Waals surface area contributed by atoms with Gasteiger partial charge in [-0.05, 0) is 19.9 Å². The molecule has 54 valence electrons. The normalized spacial score (nSPS) is 12.3. The van der Waals surface area contributed by atoms with Gasteiger partial charge in [-0.2, -0.15) is 0 Å². The molecular weight excluding hydrogens is 112 g/mol. The lowest BCUT2D eigenvalue weighted by Crippen LogP contribution is -1.98. The minimum atomic E-state index is 0.523. The van der Waals surface area contributed by atoms with E-state index >= 15 is 0 Å². The summed E-state index contributed by atoms with van der Waals surface area (Å²) in [4.78, 5) is 0. The SMILES string of the molecule is C/C=C(\OCC)C(C)C. The van der Waals surface area contributed by atoms with E-state index < -0.39 is 0 Å². The number of ether oxygens (including phenoxy) is 1. The average Bonchev–Trinajstić information content (AvgIpc) is 1.82. The summed E-state index contributed by atoms with van der Waals surface area (Å²) in [5.74, 6) is 1.62. The number of hydrogen-bond donors (Lipinski definition) is 0. The second-order valence-electron chi connectivity index (χ2n) is 2.28. The zero-order valence-electron chi connectivity index (χ0n) is 6.77. The van der Waals surface area contributed by atoms with Crippen LogP contribution in [0.25, 0.3) is 0 Å². The maximum atomic E-state index is 5.31. The third kappa shape index (κ3) is 3.17. The van der Waals surface area contributed by atoms with Crippen LogP contribution in [0.4, 0.5) is 0 Å². The minimum absolute atomic E-state index is 0.523. The number of rotatable bonds is 3. The Bertz CT molecular complexity index is 92.7. The smallest absolute Gasteiger partial charge is 0.0942 e. The lowest BCUT2D eigenvalue weighted by molar-refractivity contribution is 0.199. The predicted molar refractivity (Wildman–Crippen MR) is 40.2 cm³/mol. The second kappa shape index (κ2) is 4.42. The summed E-state index contributed by atoms with van der Waals surface area (Å²) < 4.78 is 5.31. The quantitative estimate of drug-likeness (QED) is 0.531. The molecule has 0 radical (unpaired) electrons. The zero-order valence-corrected chi connectivity index (χ0v) is 6.77. The third-order valence-electron chi connectivity index (χ3n) is 1.16. The summed E-state index contributed by atoms with van der Waals surface area (Å²) in [7, 11) is 0. The summed E-state index contributed by atoms with van der Waals surface area (Å²) in [5, 5.41) is 0. The molecule has 0 saturated carbocycles. The van der Waals surface area contributed by atoms with Crippen molar-refractivity contribution in [3.05, 3.63) is 11.8 Å². The van der Waals surface area contributed by atoms with Crippen molar-refractivity contribution in [2.75, 3.05) is 6.61 Å². The lowest BCUT2D eigenvalue weighted by Gasteiger charge is -2.10. The Hall–Kier alpha value is -0.460. The van der Waals surface area contributed by atoms with Gasteiger partial charge in [0.15, 0.2) is 0 Å². The van der Waals surface area contributed by atoms with Crippen molar-refractivity contribution in [1.82, 2.24) is 0 Å². The Labute approximate surface area is 57.7 Å². The highest BCUT2D eigenvalue weighted by Crippen LogP contribution is 2.09. The van der Waals surface area contributed by atoms with E-state index in [2.05, 4.69) is 13.8 Å². The molecule has 0 fully saturated rings. The highest BCUT2D eigenvalue weighted by molar-refractivity contribution is 4.93. The molecule has 0 saturated heterocycles. The molecule has 0 N–H and O–H groups in total. The fourth-order valence-electron chi connectivity index (χ4n) is 0.750. The molecule has 0 aromatic heterocycles. The first-order valence-corrected chi connectivity index (χ1v) is 3.51. The predicted octanol–water partition coefficient (Wildman–Crippen LogP) is 2.58.